The molecule has 0 N–H and O–H groups in total. The van der Waals surface area contributed by atoms with Gasteiger partial charge in [0.1, 0.15) is 0 Å². The number of ether oxygens (including phenoxy) is 2. The quantitative estimate of drug-likeness (QED) is 0.824. The Labute approximate surface area is 142 Å². The first kappa shape index (κ1) is 16.2. The maximum atomic E-state index is 6.32. The molecule has 1 aliphatic rings. The molecule has 0 saturated heterocycles. The van der Waals surface area contributed by atoms with Gasteiger partial charge in [-0.05, 0) is 48.2 Å². The fourth-order valence-electron chi connectivity index (χ4n) is 3.26. The van der Waals surface area contributed by atoms with Gasteiger partial charge in [-0.1, -0.05) is 29.8 Å². The average Bonchev–Trinajstić information content (AvgIpc) is 2.58. The summed E-state index contributed by atoms with van der Waals surface area (Å²) in [6.07, 6.45) is 1.00. The van der Waals surface area contributed by atoms with E-state index < -0.39 is 0 Å². The number of fused-ring (bicyclic) bond motifs is 1. The minimum atomic E-state index is 0.315. The van der Waals surface area contributed by atoms with Crippen LogP contribution < -0.4 is 9.47 Å². The summed E-state index contributed by atoms with van der Waals surface area (Å²) in [6.45, 7) is 4.10. The molecule has 1 atom stereocenters. The van der Waals surface area contributed by atoms with Crippen LogP contribution in [0.3, 0.4) is 0 Å². The fraction of sp³-hybridized carbons (Fsp3) is 0.368. The maximum Gasteiger partial charge on any atom is 0.161 e. The molecule has 0 aliphatic carbocycles. The van der Waals surface area contributed by atoms with Gasteiger partial charge >= 0.3 is 0 Å². The highest BCUT2D eigenvalue weighted by atomic mass is 35.5. The van der Waals surface area contributed by atoms with Crippen molar-refractivity contribution < 1.29 is 9.47 Å². The Morgan fingerprint density at radius 3 is 2.52 bits per heavy atom. The van der Waals surface area contributed by atoms with Crippen molar-refractivity contribution in [2.45, 2.75) is 25.9 Å². The van der Waals surface area contributed by atoms with Gasteiger partial charge in [0.2, 0.25) is 0 Å². The SMILES string of the molecule is COc1cc2c(cc1OC)C(C)N(Cc1ccccc1Cl)CC2. The number of rotatable bonds is 4. The summed E-state index contributed by atoms with van der Waals surface area (Å²) in [5.41, 5.74) is 3.82. The van der Waals surface area contributed by atoms with E-state index in [1.807, 2.05) is 18.2 Å². The van der Waals surface area contributed by atoms with Crippen LogP contribution in [0.1, 0.15) is 29.7 Å². The average molecular weight is 332 g/mol. The zero-order valence-corrected chi connectivity index (χ0v) is 14.6. The molecule has 0 aromatic heterocycles. The first-order valence-corrected chi connectivity index (χ1v) is 8.24. The summed E-state index contributed by atoms with van der Waals surface area (Å²) >= 11 is 6.32. The molecule has 0 bridgehead atoms. The Bertz CT molecular complexity index is 702. The van der Waals surface area contributed by atoms with Gasteiger partial charge in [0.05, 0.1) is 14.2 Å². The number of halogens is 1. The zero-order chi connectivity index (χ0) is 16.4. The van der Waals surface area contributed by atoms with Crippen molar-refractivity contribution in [1.29, 1.82) is 0 Å². The Morgan fingerprint density at radius 2 is 1.83 bits per heavy atom. The standard InChI is InChI=1S/C19H22ClNO2/c1-13-16-11-19(23-3)18(22-2)10-14(16)8-9-21(13)12-15-6-4-5-7-17(15)20/h4-7,10-11,13H,8-9,12H2,1-3H3. The van der Waals surface area contributed by atoms with Gasteiger partial charge in [-0.15, -0.1) is 0 Å². The van der Waals surface area contributed by atoms with Gasteiger partial charge in [0, 0.05) is 24.2 Å². The minimum absolute atomic E-state index is 0.315. The second kappa shape index (κ2) is 6.81. The first-order chi connectivity index (χ1) is 11.1. The lowest BCUT2D eigenvalue weighted by molar-refractivity contribution is 0.189. The third-order valence-electron chi connectivity index (χ3n) is 4.64. The second-order valence-electron chi connectivity index (χ2n) is 5.89. The summed E-state index contributed by atoms with van der Waals surface area (Å²) in [5, 5.41) is 0.831. The highest BCUT2D eigenvalue weighted by Crippen LogP contribution is 2.38. The number of benzene rings is 2. The van der Waals surface area contributed by atoms with E-state index in [1.165, 1.54) is 16.7 Å². The summed E-state index contributed by atoms with van der Waals surface area (Å²) in [7, 11) is 3.36. The topological polar surface area (TPSA) is 21.7 Å². The molecule has 122 valence electrons. The van der Waals surface area contributed by atoms with Gasteiger partial charge in [0.15, 0.2) is 11.5 Å². The van der Waals surface area contributed by atoms with E-state index in [2.05, 4.69) is 30.0 Å². The smallest absolute Gasteiger partial charge is 0.161 e. The number of methoxy groups -OCH3 is 2. The molecule has 1 aliphatic heterocycles. The van der Waals surface area contributed by atoms with Crippen LogP contribution in [0, 0.1) is 0 Å². The van der Waals surface area contributed by atoms with Crippen molar-refractivity contribution in [3.8, 4) is 11.5 Å². The van der Waals surface area contributed by atoms with Crippen LogP contribution in [0.2, 0.25) is 5.02 Å². The predicted molar refractivity (Wildman–Crippen MR) is 93.5 cm³/mol. The zero-order valence-electron chi connectivity index (χ0n) is 13.8. The van der Waals surface area contributed by atoms with Crippen LogP contribution in [0.15, 0.2) is 36.4 Å². The van der Waals surface area contributed by atoms with E-state index in [0.29, 0.717) is 6.04 Å². The van der Waals surface area contributed by atoms with Crippen molar-refractivity contribution in [2.75, 3.05) is 20.8 Å². The van der Waals surface area contributed by atoms with Crippen LogP contribution in [0.4, 0.5) is 0 Å². The lowest BCUT2D eigenvalue weighted by atomic mass is 9.92. The van der Waals surface area contributed by atoms with Crippen molar-refractivity contribution in [2.24, 2.45) is 0 Å². The molecule has 0 saturated carbocycles. The van der Waals surface area contributed by atoms with Crippen LogP contribution in [-0.2, 0) is 13.0 Å². The molecule has 0 radical (unpaired) electrons. The lowest BCUT2D eigenvalue weighted by Crippen LogP contribution is -2.33. The fourth-order valence-corrected chi connectivity index (χ4v) is 3.45. The normalized spacial score (nSPS) is 17.7. The number of nitrogens with zero attached hydrogens (tertiary/aromatic N) is 1. The summed E-state index contributed by atoms with van der Waals surface area (Å²) in [5.74, 6) is 1.59. The third kappa shape index (κ3) is 3.17. The summed E-state index contributed by atoms with van der Waals surface area (Å²) < 4.78 is 10.9. The van der Waals surface area contributed by atoms with Crippen LogP contribution in [0.5, 0.6) is 11.5 Å². The molecule has 3 rings (SSSR count). The van der Waals surface area contributed by atoms with Crippen molar-refractivity contribution in [3.63, 3.8) is 0 Å². The molecule has 1 unspecified atom stereocenters. The minimum Gasteiger partial charge on any atom is -0.493 e. The van der Waals surface area contributed by atoms with E-state index in [9.17, 15) is 0 Å². The van der Waals surface area contributed by atoms with E-state index in [0.717, 1.165) is 36.0 Å². The molecule has 0 fully saturated rings. The molecule has 23 heavy (non-hydrogen) atoms. The number of hydrogen-bond donors (Lipinski definition) is 0. The maximum absolute atomic E-state index is 6.32. The Hall–Kier alpha value is -1.71. The van der Waals surface area contributed by atoms with E-state index >= 15 is 0 Å². The molecule has 0 spiro atoms. The van der Waals surface area contributed by atoms with Gasteiger partial charge in [-0.25, -0.2) is 0 Å². The van der Waals surface area contributed by atoms with Crippen LogP contribution in [-0.4, -0.2) is 25.7 Å². The van der Waals surface area contributed by atoms with Crippen molar-refractivity contribution >= 4 is 11.6 Å². The molecular weight excluding hydrogens is 310 g/mol. The van der Waals surface area contributed by atoms with E-state index in [4.69, 9.17) is 21.1 Å². The highest BCUT2D eigenvalue weighted by molar-refractivity contribution is 6.31. The van der Waals surface area contributed by atoms with E-state index in [-0.39, 0.29) is 0 Å². The van der Waals surface area contributed by atoms with Crippen molar-refractivity contribution in [3.05, 3.63) is 58.1 Å². The Kier molecular flexibility index (Phi) is 4.79. The van der Waals surface area contributed by atoms with Crippen molar-refractivity contribution in [1.82, 2.24) is 4.90 Å². The Balaban J connectivity index is 1.88. The molecule has 3 nitrogen and oxygen atoms in total. The lowest BCUT2D eigenvalue weighted by Gasteiger charge is -2.36. The molecule has 0 amide bonds. The van der Waals surface area contributed by atoms with Gasteiger partial charge in [-0.2, -0.15) is 0 Å². The summed E-state index contributed by atoms with van der Waals surface area (Å²) in [6, 6.07) is 12.6. The first-order valence-electron chi connectivity index (χ1n) is 7.86. The van der Waals surface area contributed by atoms with Gasteiger partial charge < -0.3 is 9.47 Å². The van der Waals surface area contributed by atoms with Gasteiger partial charge in [-0.3, -0.25) is 4.90 Å². The molecule has 4 heteroatoms. The molecule has 2 aromatic rings. The highest BCUT2D eigenvalue weighted by Gasteiger charge is 2.26. The molecule has 1 heterocycles. The number of hydrogen-bond acceptors (Lipinski definition) is 3. The third-order valence-corrected chi connectivity index (χ3v) is 5.01. The van der Waals surface area contributed by atoms with E-state index in [1.54, 1.807) is 14.2 Å². The predicted octanol–water partition coefficient (Wildman–Crippen LogP) is 4.48. The van der Waals surface area contributed by atoms with Gasteiger partial charge in [0.25, 0.3) is 0 Å². The largest absolute Gasteiger partial charge is 0.493 e. The second-order valence-corrected chi connectivity index (χ2v) is 6.30. The molecular formula is C19H22ClNO2. The molecule has 2 aromatic carbocycles. The van der Waals surface area contributed by atoms with Crippen LogP contribution >= 0.6 is 11.6 Å². The monoisotopic (exact) mass is 331 g/mol. The summed E-state index contributed by atoms with van der Waals surface area (Å²) in [4.78, 5) is 2.45. The Morgan fingerprint density at radius 1 is 1.13 bits per heavy atom. The van der Waals surface area contributed by atoms with Crippen LogP contribution in [0.25, 0.3) is 0 Å².